The summed E-state index contributed by atoms with van der Waals surface area (Å²) in [6, 6.07) is 1.45. The van der Waals surface area contributed by atoms with Gasteiger partial charge in [0.15, 0.2) is 0 Å². The third-order valence-electron chi connectivity index (χ3n) is 4.64. The molecule has 0 aliphatic heterocycles. The van der Waals surface area contributed by atoms with Gasteiger partial charge < -0.3 is 21.3 Å². The van der Waals surface area contributed by atoms with Crippen LogP contribution in [0, 0.1) is 17.6 Å². The van der Waals surface area contributed by atoms with Gasteiger partial charge in [-0.15, -0.1) is 0 Å². The second-order valence-corrected chi connectivity index (χ2v) is 7.46. The van der Waals surface area contributed by atoms with Crippen molar-refractivity contribution in [1.29, 1.82) is 0 Å². The van der Waals surface area contributed by atoms with Gasteiger partial charge in [0.05, 0.1) is 6.04 Å². The van der Waals surface area contributed by atoms with E-state index in [1.165, 1.54) is 12.1 Å². The molecule has 0 saturated carbocycles. The normalized spacial score (nSPS) is 14.0. The molecule has 1 aromatic carbocycles. The monoisotopic (exact) mass is 426 g/mol. The quantitative estimate of drug-likeness (QED) is 0.357. The average Bonchev–Trinajstić information content (AvgIpc) is 2.65. The average molecular weight is 427 g/mol. The summed E-state index contributed by atoms with van der Waals surface area (Å²) in [7, 11) is 0. The van der Waals surface area contributed by atoms with Crippen LogP contribution >= 0.6 is 0 Å². The molecule has 1 rings (SSSR count). The Morgan fingerprint density at radius 2 is 1.70 bits per heavy atom. The van der Waals surface area contributed by atoms with Crippen molar-refractivity contribution in [2.45, 2.75) is 58.7 Å². The molecule has 0 aliphatic carbocycles. The summed E-state index contributed by atoms with van der Waals surface area (Å²) in [6.07, 6.45) is 1.15. The lowest BCUT2D eigenvalue weighted by Gasteiger charge is -2.26. The van der Waals surface area contributed by atoms with E-state index in [0.29, 0.717) is 24.9 Å². The topological polar surface area (TPSA) is 99.3 Å². The Bertz CT molecular complexity index is 695. The number of rotatable bonds is 13. The van der Waals surface area contributed by atoms with Crippen LogP contribution in [0.2, 0.25) is 0 Å². The van der Waals surface area contributed by atoms with Gasteiger partial charge >= 0.3 is 0 Å². The highest BCUT2D eigenvalue weighted by molar-refractivity contribution is 5.89. The highest BCUT2D eigenvalue weighted by atomic mass is 19.1. The van der Waals surface area contributed by atoms with E-state index in [9.17, 15) is 23.2 Å². The minimum absolute atomic E-state index is 0.0923. The number of carbonyl (C=O) groups is 3. The van der Waals surface area contributed by atoms with E-state index < -0.39 is 29.8 Å². The first-order valence-corrected chi connectivity index (χ1v) is 10.2. The van der Waals surface area contributed by atoms with Gasteiger partial charge in [0.2, 0.25) is 18.2 Å². The molecule has 3 amide bonds. The number of amides is 3. The first-order chi connectivity index (χ1) is 14.2. The molecule has 0 radical (unpaired) electrons. The van der Waals surface area contributed by atoms with Gasteiger partial charge in [-0.3, -0.25) is 14.4 Å². The molecule has 0 heterocycles. The summed E-state index contributed by atoms with van der Waals surface area (Å²) < 4.78 is 26.8. The van der Waals surface area contributed by atoms with Crippen LogP contribution in [0.4, 0.5) is 8.78 Å². The highest BCUT2D eigenvalue weighted by Gasteiger charge is 2.27. The molecule has 3 atom stereocenters. The zero-order valence-electron chi connectivity index (χ0n) is 17.9. The van der Waals surface area contributed by atoms with E-state index >= 15 is 0 Å². The number of hydrogen-bond donors (Lipinski definition) is 4. The molecule has 0 aromatic heterocycles. The van der Waals surface area contributed by atoms with Crippen LogP contribution < -0.4 is 21.3 Å². The van der Waals surface area contributed by atoms with Crippen LogP contribution in [0.1, 0.15) is 39.7 Å². The molecule has 0 bridgehead atoms. The third-order valence-corrected chi connectivity index (χ3v) is 4.64. The molecule has 1 aromatic rings. The zero-order chi connectivity index (χ0) is 22.7. The molecule has 1 unspecified atom stereocenters. The van der Waals surface area contributed by atoms with E-state index in [0.717, 1.165) is 6.07 Å². The Kier molecular flexibility index (Phi) is 11.0. The molecule has 0 fully saturated rings. The van der Waals surface area contributed by atoms with Crippen molar-refractivity contribution in [2.75, 3.05) is 13.1 Å². The van der Waals surface area contributed by atoms with Crippen LogP contribution in [0.15, 0.2) is 18.2 Å². The second kappa shape index (κ2) is 12.9. The lowest BCUT2D eigenvalue weighted by molar-refractivity contribution is -0.131. The van der Waals surface area contributed by atoms with Crippen molar-refractivity contribution in [3.8, 4) is 0 Å². The number of carbonyl (C=O) groups excluding carboxylic acids is 3. The molecular formula is C21H32F2N4O3. The molecule has 0 spiro atoms. The largest absolute Gasteiger partial charge is 0.355 e. The van der Waals surface area contributed by atoms with Crippen molar-refractivity contribution in [3.05, 3.63) is 35.4 Å². The molecule has 4 N–H and O–H groups in total. The van der Waals surface area contributed by atoms with Gasteiger partial charge in [-0.05, 0) is 43.4 Å². The molecule has 9 heteroatoms. The Morgan fingerprint density at radius 1 is 1.07 bits per heavy atom. The fourth-order valence-electron chi connectivity index (χ4n) is 3.08. The molecule has 7 nitrogen and oxygen atoms in total. The number of nitrogens with one attached hydrogen (secondary N) is 4. The summed E-state index contributed by atoms with van der Waals surface area (Å²) >= 11 is 0. The van der Waals surface area contributed by atoms with Gasteiger partial charge in [0, 0.05) is 25.2 Å². The van der Waals surface area contributed by atoms with Gasteiger partial charge in [-0.2, -0.15) is 0 Å². The highest BCUT2D eigenvalue weighted by Crippen LogP contribution is 2.10. The second-order valence-electron chi connectivity index (χ2n) is 7.46. The van der Waals surface area contributed by atoms with Crippen molar-refractivity contribution in [1.82, 2.24) is 21.3 Å². The van der Waals surface area contributed by atoms with Gasteiger partial charge in [-0.25, -0.2) is 8.78 Å². The zero-order valence-corrected chi connectivity index (χ0v) is 17.9. The van der Waals surface area contributed by atoms with E-state index in [-0.39, 0.29) is 30.7 Å². The maximum absolute atomic E-state index is 13.4. The maximum atomic E-state index is 13.4. The predicted molar refractivity (Wildman–Crippen MR) is 111 cm³/mol. The Balaban J connectivity index is 2.76. The lowest BCUT2D eigenvalue weighted by Crippen LogP contribution is -2.55. The Hall–Kier alpha value is -2.55. The summed E-state index contributed by atoms with van der Waals surface area (Å²) in [6.45, 7) is 7.98. The maximum Gasteiger partial charge on any atom is 0.242 e. The van der Waals surface area contributed by atoms with Crippen molar-refractivity contribution < 1.29 is 23.2 Å². The Labute approximate surface area is 176 Å². The molecule has 0 aliphatic rings. The minimum atomic E-state index is -0.696. The van der Waals surface area contributed by atoms with Crippen LogP contribution in [-0.2, 0) is 20.8 Å². The van der Waals surface area contributed by atoms with E-state index in [2.05, 4.69) is 21.3 Å². The number of hydrogen-bond acceptors (Lipinski definition) is 4. The van der Waals surface area contributed by atoms with E-state index in [4.69, 9.17) is 0 Å². The van der Waals surface area contributed by atoms with Crippen LogP contribution in [0.25, 0.3) is 0 Å². The van der Waals surface area contributed by atoms with Gasteiger partial charge in [0.25, 0.3) is 0 Å². The van der Waals surface area contributed by atoms with Crippen molar-refractivity contribution in [3.63, 3.8) is 0 Å². The number of likely N-dealkylation sites (N-methyl/N-ethyl adjacent to an activating group) is 1. The van der Waals surface area contributed by atoms with E-state index in [1.807, 2.05) is 20.8 Å². The molecular weight excluding hydrogens is 394 g/mol. The van der Waals surface area contributed by atoms with Crippen LogP contribution in [0.5, 0.6) is 0 Å². The SMILES string of the molecule is CCNC(=O)[C@@H](NC(=O)C(CC)NC[C@H](Cc1cc(F)cc(F)c1)NC=O)C(C)C. The van der Waals surface area contributed by atoms with Gasteiger partial charge in [0.1, 0.15) is 17.7 Å². The summed E-state index contributed by atoms with van der Waals surface area (Å²) in [4.78, 5) is 35.8. The summed E-state index contributed by atoms with van der Waals surface area (Å²) in [5.41, 5.74) is 0.391. The van der Waals surface area contributed by atoms with Crippen LogP contribution in [0.3, 0.4) is 0 Å². The molecule has 168 valence electrons. The number of halogens is 2. The first kappa shape index (κ1) is 25.5. The predicted octanol–water partition coefficient (Wildman–Crippen LogP) is 1.27. The standard InChI is InChI=1S/C21H32F2N4O3/c1-5-18(20(29)27-19(13(3)4)21(30)24-6-2)25-11-17(26-12-28)9-14-7-15(22)10-16(23)8-14/h7-8,10,12-13,17-19,25H,5-6,9,11H2,1-4H3,(H,24,30)(H,26,28)(H,27,29)/t17-,18?,19-/m0/s1. The van der Waals surface area contributed by atoms with Crippen molar-refractivity contribution in [2.24, 2.45) is 5.92 Å². The fraction of sp³-hybridized carbons (Fsp3) is 0.571. The van der Waals surface area contributed by atoms with Crippen LogP contribution in [-0.4, -0.2) is 49.4 Å². The van der Waals surface area contributed by atoms with Gasteiger partial charge in [-0.1, -0.05) is 20.8 Å². The number of benzene rings is 1. The summed E-state index contributed by atoms with van der Waals surface area (Å²) in [5, 5.41) is 11.1. The van der Waals surface area contributed by atoms with Crippen molar-refractivity contribution >= 4 is 18.2 Å². The first-order valence-electron chi connectivity index (χ1n) is 10.2. The summed E-state index contributed by atoms with van der Waals surface area (Å²) in [5.74, 6) is -2.06. The Morgan fingerprint density at radius 3 is 2.20 bits per heavy atom. The third kappa shape index (κ3) is 8.44. The smallest absolute Gasteiger partial charge is 0.242 e. The van der Waals surface area contributed by atoms with E-state index in [1.54, 1.807) is 6.92 Å². The minimum Gasteiger partial charge on any atom is -0.355 e. The molecule has 0 saturated heterocycles. The lowest BCUT2D eigenvalue weighted by atomic mass is 10.0. The fourth-order valence-corrected chi connectivity index (χ4v) is 3.08. The molecule has 30 heavy (non-hydrogen) atoms.